The fourth-order valence-corrected chi connectivity index (χ4v) is 3.13. The van der Waals surface area contributed by atoms with Crippen molar-refractivity contribution in [2.75, 3.05) is 26.7 Å². The number of pyridine rings is 1. The lowest BCUT2D eigenvalue weighted by molar-refractivity contribution is -0.132. The highest BCUT2D eigenvalue weighted by molar-refractivity contribution is 5.78. The molecule has 2 aromatic heterocycles. The number of aromatic nitrogens is 2. The van der Waals surface area contributed by atoms with Crippen molar-refractivity contribution in [2.45, 2.75) is 38.6 Å². The van der Waals surface area contributed by atoms with E-state index < -0.39 is 0 Å². The van der Waals surface area contributed by atoms with Crippen LogP contribution in [0.1, 0.15) is 37.9 Å². The Morgan fingerprint density at radius 2 is 1.92 bits per heavy atom. The quantitative estimate of drug-likeness (QED) is 0.836. The summed E-state index contributed by atoms with van der Waals surface area (Å²) in [5, 5.41) is 4.05. The van der Waals surface area contributed by atoms with E-state index in [0.29, 0.717) is 24.5 Å². The van der Waals surface area contributed by atoms with E-state index in [4.69, 9.17) is 4.52 Å². The molecule has 0 aliphatic carbocycles. The van der Waals surface area contributed by atoms with Crippen LogP contribution >= 0.6 is 0 Å². The lowest BCUT2D eigenvalue weighted by Gasteiger charge is -2.26. The zero-order valence-corrected chi connectivity index (χ0v) is 14.9. The summed E-state index contributed by atoms with van der Waals surface area (Å²) in [5.74, 6) is 0.792. The van der Waals surface area contributed by atoms with Crippen LogP contribution < -0.4 is 0 Å². The average molecular weight is 342 g/mol. The molecule has 0 aromatic carbocycles. The van der Waals surface area contributed by atoms with E-state index in [2.05, 4.69) is 15.0 Å². The second-order valence-electron chi connectivity index (χ2n) is 6.69. The highest BCUT2D eigenvalue weighted by atomic mass is 16.5. The van der Waals surface area contributed by atoms with Crippen LogP contribution in [0.2, 0.25) is 0 Å². The first-order valence-electron chi connectivity index (χ1n) is 9.06. The van der Waals surface area contributed by atoms with Crippen LogP contribution in [-0.4, -0.2) is 52.5 Å². The number of hydrogen-bond acceptors (Lipinski definition) is 5. The van der Waals surface area contributed by atoms with Gasteiger partial charge in [-0.25, -0.2) is 0 Å². The minimum absolute atomic E-state index is 0.122. The number of hydrogen-bond donors (Lipinski definition) is 0. The Morgan fingerprint density at radius 1 is 1.16 bits per heavy atom. The Bertz CT molecular complexity index is 663. The summed E-state index contributed by atoms with van der Waals surface area (Å²) in [6, 6.07) is 7.51. The lowest BCUT2D eigenvalue weighted by Crippen LogP contribution is -2.39. The number of nitrogens with zero attached hydrogens (tertiary/aromatic N) is 4. The predicted molar refractivity (Wildman–Crippen MR) is 95.7 cm³/mol. The Balaban J connectivity index is 1.53. The third kappa shape index (κ3) is 5.13. The summed E-state index contributed by atoms with van der Waals surface area (Å²) in [6.45, 7) is 2.95. The molecule has 0 bridgehead atoms. The number of likely N-dealkylation sites (N-methyl/N-ethyl adjacent to an activating group) is 1. The third-order valence-corrected chi connectivity index (χ3v) is 4.61. The SMILES string of the molecule is CN(Cc1cc(-c2ccccn2)no1)C(=O)CN1CCCCCCC1. The molecule has 1 aliphatic heterocycles. The van der Waals surface area contributed by atoms with Crippen molar-refractivity contribution in [1.29, 1.82) is 0 Å². The molecule has 2 aromatic rings. The second kappa shape index (κ2) is 8.76. The maximum Gasteiger partial charge on any atom is 0.236 e. The molecule has 1 fully saturated rings. The number of carbonyl (C=O) groups excluding carboxylic acids is 1. The maximum absolute atomic E-state index is 12.5. The molecular formula is C19H26N4O2. The molecule has 25 heavy (non-hydrogen) atoms. The number of carbonyl (C=O) groups is 1. The van der Waals surface area contributed by atoms with E-state index in [9.17, 15) is 4.79 Å². The van der Waals surface area contributed by atoms with Crippen LogP contribution in [0.5, 0.6) is 0 Å². The molecule has 0 unspecified atom stereocenters. The number of rotatable bonds is 5. The van der Waals surface area contributed by atoms with Crippen molar-refractivity contribution in [3.8, 4) is 11.4 Å². The Kier molecular flexibility index (Phi) is 6.17. The molecule has 134 valence electrons. The van der Waals surface area contributed by atoms with Gasteiger partial charge in [0.05, 0.1) is 18.8 Å². The third-order valence-electron chi connectivity index (χ3n) is 4.61. The van der Waals surface area contributed by atoms with Crippen molar-refractivity contribution in [1.82, 2.24) is 19.9 Å². The Morgan fingerprint density at radius 3 is 2.64 bits per heavy atom. The molecule has 0 N–H and O–H groups in total. The van der Waals surface area contributed by atoms with E-state index in [1.165, 1.54) is 32.1 Å². The molecule has 0 atom stereocenters. The molecule has 6 heteroatoms. The monoisotopic (exact) mass is 342 g/mol. The van der Waals surface area contributed by atoms with Crippen LogP contribution in [0.15, 0.2) is 35.0 Å². The van der Waals surface area contributed by atoms with Gasteiger partial charge in [0.25, 0.3) is 0 Å². The molecule has 0 saturated carbocycles. The highest BCUT2D eigenvalue weighted by Crippen LogP contribution is 2.17. The summed E-state index contributed by atoms with van der Waals surface area (Å²) in [4.78, 5) is 20.7. The fourth-order valence-electron chi connectivity index (χ4n) is 3.13. The van der Waals surface area contributed by atoms with E-state index in [-0.39, 0.29) is 5.91 Å². The first-order chi connectivity index (χ1) is 12.2. The van der Waals surface area contributed by atoms with Gasteiger partial charge in [0.2, 0.25) is 5.91 Å². The van der Waals surface area contributed by atoms with E-state index in [1.54, 1.807) is 11.1 Å². The zero-order valence-electron chi connectivity index (χ0n) is 14.9. The van der Waals surface area contributed by atoms with Crippen LogP contribution in [-0.2, 0) is 11.3 Å². The van der Waals surface area contributed by atoms with Gasteiger partial charge in [-0.1, -0.05) is 30.5 Å². The minimum Gasteiger partial charge on any atom is -0.359 e. The van der Waals surface area contributed by atoms with Crippen molar-refractivity contribution < 1.29 is 9.32 Å². The maximum atomic E-state index is 12.5. The summed E-state index contributed by atoms with van der Waals surface area (Å²) < 4.78 is 5.37. The number of amides is 1. The smallest absolute Gasteiger partial charge is 0.236 e. The normalized spacial score (nSPS) is 16.2. The Labute approximate surface area is 148 Å². The summed E-state index contributed by atoms with van der Waals surface area (Å²) in [5.41, 5.74) is 1.47. The van der Waals surface area contributed by atoms with Crippen molar-refractivity contribution in [3.05, 3.63) is 36.2 Å². The largest absolute Gasteiger partial charge is 0.359 e. The highest BCUT2D eigenvalue weighted by Gasteiger charge is 2.17. The fraction of sp³-hybridized carbons (Fsp3) is 0.526. The molecule has 3 rings (SSSR count). The van der Waals surface area contributed by atoms with Gasteiger partial charge in [-0.05, 0) is 38.1 Å². The van der Waals surface area contributed by atoms with Gasteiger partial charge in [0, 0.05) is 19.3 Å². The standard InChI is InChI=1S/C19H26N4O2/c1-22(19(24)15-23-11-7-3-2-4-8-12-23)14-16-13-18(21-25-16)17-9-5-6-10-20-17/h5-6,9-10,13H,2-4,7-8,11-12,14-15H2,1H3. The minimum atomic E-state index is 0.122. The first-order valence-corrected chi connectivity index (χ1v) is 9.06. The Hall–Kier alpha value is -2.21. The second-order valence-corrected chi connectivity index (χ2v) is 6.69. The summed E-state index contributed by atoms with van der Waals surface area (Å²) >= 11 is 0. The molecule has 3 heterocycles. The van der Waals surface area contributed by atoms with Crippen LogP contribution in [0.25, 0.3) is 11.4 Å². The molecule has 1 aliphatic rings. The molecular weight excluding hydrogens is 316 g/mol. The van der Waals surface area contributed by atoms with E-state index in [0.717, 1.165) is 18.8 Å². The van der Waals surface area contributed by atoms with Gasteiger partial charge < -0.3 is 9.42 Å². The van der Waals surface area contributed by atoms with E-state index in [1.807, 2.05) is 31.3 Å². The van der Waals surface area contributed by atoms with Gasteiger partial charge >= 0.3 is 0 Å². The zero-order chi connectivity index (χ0) is 17.5. The number of likely N-dealkylation sites (tertiary alicyclic amines) is 1. The van der Waals surface area contributed by atoms with Gasteiger partial charge in [-0.3, -0.25) is 14.7 Å². The molecule has 0 spiro atoms. The summed E-state index contributed by atoms with van der Waals surface area (Å²) in [6.07, 6.45) is 7.97. The van der Waals surface area contributed by atoms with E-state index >= 15 is 0 Å². The molecule has 6 nitrogen and oxygen atoms in total. The molecule has 1 amide bonds. The first kappa shape index (κ1) is 17.6. The lowest BCUT2D eigenvalue weighted by atomic mass is 10.1. The average Bonchev–Trinajstić information content (AvgIpc) is 3.06. The van der Waals surface area contributed by atoms with Crippen molar-refractivity contribution in [3.63, 3.8) is 0 Å². The van der Waals surface area contributed by atoms with Crippen molar-refractivity contribution in [2.24, 2.45) is 0 Å². The van der Waals surface area contributed by atoms with Gasteiger partial charge in [-0.15, -0.1) is 0 Å². The predicted octanol–water partition coefficient (Wildman–Crippen LogP) is 2.96. The van der Waals surface area contributed by atoms with Crippen LogP contribution in [0.4, 0.5) is 0 Å². The molecule has 0 radical (unpaired) electrons. The van der Waals surface area contributed by atoms with Gasteiger partial charge in [-0.2, -0.15) is 0 Å². The van der Waals surface area contributed by atoms with Crippen LogP contribution in [0.3, 0.4) is 0 Å². The van der Waals surface area contributed by atoms with Crippen molar-refractivity contribution >= 4 is 5.91 Å². The van der Waals surface area contributed by atoms with Gasteiger partial charge in [0.15, 0.2) is 5.76 Å². The summed E-state index contributed by atoms with van der Waals surface area (Å²) in [7, 11) is 1.81. The van der Waals surface area contributed by atoms with Gasteiger partial charge in [0.1, 0.15) is 5.69 Å². The topological polar surface area (TPSA) is 62.5 Å². The molecule has 1 saturated heterocycles. The van der Waals surface area contributed by atoms with Crippen LogP contribution in [0, 0.1) is 0 Å².